The molecule has 0 fully saturated rings. The molecule has 2 aromatic rings. The highest BCUT2D eigenvalue weighted by atomic mass is 16.5. The van der Waals surface area contributed by atoms with Gasteiger partial charge in [0, 0.05) is 0 Å². The molecule has 0 unspecified atom stereocenters. The maximum atomic E-state index is 10.3. The lowest BCUT2D eigenvalue weighted by Crippen LogP contribution is -2.17. The highest BCUT2D eigenvalue weighted by Crippen LogP contribution is 2.37. The Morgan fingerprint density at radius 3 is 1.74 bits per heavy atom. The number of aliphatic hydroxyl groups is 1. The van der Waals surface area contributed by atoms with Gasteiger partial charge in [0.25, 0.3) is 0 Å². The largest absolute Gasteiger partial charge is 0.508 e. The molecule has 0 aliphatic carbocycles. The van der Waals surface area contributed by atoms with Gasteiger partial charge >= 0.3 is 0 Å². The highest BCUT2D eigenvalue weighted by molar-refractivity contribution is 5.64. The topological polar surface area (TPSA) is 29.5 Å². The summed E-state index contributed by atoms with van der Waals surface area (Å²) < 4.78 is 6.21. The van der Waals surface area contributed by atoms with Crippen molar-refractivity contribution in [1.82, 2.24) is 0 Å². The van der Waals surface area contributed by atoms with Crippen molar-refractivity contribution in [1.29, 1.82) is 0 Å². The van der Waals surface area contributed by atoms with E-state index in [1.165, 1.54) is 68.9 Å². The first-order chi connectivity index (χ1) is 16.1. The molecule has 2 aromatic carbocycles. The minimum absolute atomic E-state index is 0.0425. The van der Waals surface area contributed by atoms with Gasteiger partial charge in [-0.25, -0.2) is 0 Å². The van der Waals surface area contributed by atoms with Crippen molar-refractivity contribution < 1.29 is 9.84 Å². The molecule has 2 rings (SSSR count). The molecule has 2 nitrogen and oxygen atoms in total. The van der Waals surface area contributed by atoms with Crippen molar-refractivity contribution in [3.63, 3.8) is 0 Å². The zero-order chi connectivity index (χ0) is 25.2. The van der Waals surface area contributed by atoms with E-state index < -0.39 is 0 Å². The lowest BCUT2D eigenvalue weighted by molar-refractivity contribution is 0.439. The van der Waals surface area contributed by atoms with E-state index in [2.05, 4.69) is 66.3 Å². The van der Waals surface area contributed by atoms with Crippen LogP contribution in [0.25, 0.3) is 5.76 Å². The molecule has 0 radical (unpaired) electrons. The van der Waals surface area contributed by atoms with Crippen LogP contribution in [0, 0.1) is 0 Å². The van der Waals surface area contributed by atoms with Gasteiger partial charge in [-0.1, -0.05) is 118 Å². The quantitative estimate of drug-likeness (QED) is 0.210. The normalized spacial score (nSPS) is 12.1. The van der Waals surface area contributed by atoms with Gasteiger partial charge < -0.3 is 9.84 Å². The second kappa shape index (κ2) is 13.0. The minimum atomic E-state index is 0.0425. The van der Waals surface area contributed by atoms with Crippen molar-refractivity contribution in [3.05, 3.63) is 65.7 Å². The third kappa shape index (κ3) is 8.22. The van der Waals surface area contributed by atoms with E-state index in [0.717, 1.165) is 12.2 Å². The summed E-state index contributed by atoms with van der Waals surface area (Å²) in [5, 5.41) is 10.3. The zero-order valence-electron chi connectivity index (χ0n) is 22.7. The molecular weight excluding hydrogens is 416 g/mol. The van der Waals surface area contributed by atoms with E-state index in [0.29, 0.717) is 11.3 Å². The van der Waals surface area contributed by atoms with Crippen LogP contribution in [-0.4, -0.2) is 5.11 Å². The SMILES string of the molecule is C=C(O)c1cc(C(C)(C)CCCCCC)ccc1Oc1ccc(C(C)(C)CCCCCC)cc1. The molecule has 0 aromatic heterocycles. The first-order valence-electron chi connectivity index (χ1n) is 13.4. The van der Waals surface area contributed by atoms with Gasteiger partial charge in [-0.05, 0) is 59.1 Å². The summed E-state index contributed by atoms with van der Waals surface area (Å²) in [5.41, 5.74) is 3.41. The summed E-state index contributed by atoms with van der Waals surface area (Å²) in [4.78, 5) is 0. The van der Waals surface area contributed by atoms with Crippen molar-refractivity contribution in [2.75, 3.05) is 0 Å². The standard InChI is InChI=1S/C32H48O2/c1-8-10-12-14-22-31(4,5)26-16-19-28(20-17-26)34-30-21-18-27(24-29(30)25(3)33)32(6,7)23-15-13-11-9-2/h16-21,24,33H,3,8-15,22-23H2,1-2,4-7H3. The Bertz CT molecular complexity index is 890. The van der Waals surface area contributed by atoms with E-state index >= 15 is 0 Å². The summed E-state index contributed by atoms with van der Waals surface area (Å²) in [5.74, 6) is 1.47. The molecule has 0 spiro atoms. The lowest BCUT2D eigenvalue weighted by Gasteiger charge is -2.27. The predicted octanol–water partition coefficient (Wildman–Crippen LogP) is 10.5. The first kappa shape index (κ1) is 28.0. The van der Waals surface area contributed by atoms with Crippen LogP contribution < -0.4 is 4.74 Å². The number of hydrogen-bond donors (Lipinski definition) is 1. The Morgan fingerprint density at radius 2 is 1.24 bits per heavy atom. The van der Waals surface area contributed by atoms with Crippen LogP contribution in [0.15, 0.2) is 49.0 Å². The van der Waals surface area contributed by atoms with Crippen LogP contribution in [0.2, 0.25) is 0 Å². The monoisotopic (exact) mass is 464 g/mol. The van der Waals surface area contributed by atoms with Gasteiger partial charge in [-0.3, -0.25) is 0 Å². The fourth-order valence-electron chi connectivity index (χ4n) is 4.64. The van der Waals surface area contributed by atoms with Gasteiger partial charge in [0.1, 0.15) is 17.3 Å². The Kier molecular flexibility index (Phi) is 10.7. The molecule has 0 aliphatic heterocycles. The van der Waals surface area contributed by atoms with Crippen LogP contribution in [0.4, 0.5) is 0 Å². The molecule has 34 heavy (non-hydrogen) atoms. The average Bonchev–Trinajstić information content (AvgIpc) is 2.80. The van der Waals surface area contributed by atoms with E-state index in [1.54, 1.807) is 0 Å². The summed E-state index contributed by atoms with van der Waals surface area (Å²) in [7, 11) is 0. The van der Waals surface area contributed by atoms with Crippen LogP contribution in [0.3, 0.4) is 0 Å². The molecule has 0 heterocycles. The lowest BCUT2D eigenvalue weighted by atomic mass is 9.79. The van der Waals surface area contributed by atoms with Gasteiger partial charge in [-0.15, -0.1) is 0 Å². The Morgan fingerprint density at radius 1 is 0.735 bits per heavy atom. The maximum absolute atomic E-state index is 10.3. The smallest absolute Gasteiger partial charge is 0.138 e. The molecule has 0 atom stereocenters. The minimum Gasteiger partial charge on any atom is -0.508 e. The van der Waals surface area contributed by atoms with Crippen LogP contribution >= 0.6 is 0 Å². The fourth-order valence-corrected chi connectivity index (χ4v) is 4.64. The van der Waals surface area contributed by atoms with Crippen LogP contribution in [0.5, 0.6) is 11.5 Å². The number of unbranched alkanes of at least 4 members (excludes halogenated alkanes) is 6. The molecule has 0 amide bonds. The highest BCUT2D eigenvalue weighted by Gasteiger charge is 2.23. The molecule has 0 saturated carbocycles. The maximum Gasteiger partial charge on any atom is 0.138 e. The third-order valence-corrected chi connectivity index (χ3v) is 7.25. The summed E-state index contributed by atoms with van der Waals surface area (Å²) in [6, 6.07) is 14.6. The molecule has 1 N–H and O–H groups in total. The van der Waals surface area contributed by atoms with Crippen molar-refractivity contribution in [3.8, 4) is 11.5 Å². The molecule has 0 aliphatic rings. The molecular formula is C32H48O2. The summed E-state index contributed by atoms with van der Waals surface area (Å²) in [6.45, 7) is 17.5. The molecule has 2 heteroatoms. The first-order valence-corrected chi connectivity index (χ1v) is 13.4. The van der Waals surface area contributed by atoms with E-state index in [-0.39, 0.29) is 16.6 Å². The third-order valence-electron chi connectivity index (χ3n) is 7.25. The van der Waals surface area contributed by atoms with E-state index in [4.69, 9.17) is 4.74 Å². The second-order valence-corrected chi connectivity index (χ2v) is 11.2. The Balaban J connectivity index is 2.13. The van der Waals surface area contributed by atoms with E-state index in [9.17, 15) is 5.11 Å². The van der Waals surface area contributed by atoms with Crippen molar-refractivity contribution in [2.24, 2.45) is 0 Å². The van der Waals surface area contributed by atoms with E-state index in [1.807, 2.05) is 24.3 Å². The predicted molar refractivity (Wildman–Crippen MR) is 148 cm³/mol. The fraction of sp³-hybridized carbons (Fsp3) is 0.562. The zero-order valence-corrected chi connectivity index (χ0v) is 22.7. The second-order valence-electron chi connectivity index (χ2n) is 11.2. The Hall–Kier alpha value is -2.22. The van der Waals surface area contributed by atoms with Crippen LogP contribution in [-0.2, 0) is 10.8 Å². The number of rotatable bonds is 15. The van der Waals surface area contributed by atoms with Crippen molar-refractivity contribution >= 4 is 5.76 Å². The Labute approximate surface area is 209 Å². The number of aliphatic hydroxyl groups excluding tert-OH is 1. The van der Waals surface area contributed by atoms with Gasteiger partial charge in [-0.2, -0.15) is 0 Å². The van der Waals surface area contributed by atoms with Crippen molar-refractivity contribution in [2.45, 2.75) is 117 Å². The van der Waals surface area contributed by atoms with Gasteiger partial charge in [0.15, 0.2) is 0 Å². The molecule has 0 saturated heterocycles. The van der Waals surface area contributed by atoms with Gasteiger partial charge in [0.2, 0.25) is 0 Å². The number of benzene rings is 2. The summed E-state index contributed by atoms with van der Waals surface area (Å²) in [6.07, 6.45) is 12.5. The molecule has 188 valence electrons. The number of hydrogen-bond acceptors (Lipinski definition) is 2. The van der Waals surface area contributed by atoms with Crippen LogP contribution in [0.1, 0.15) is 122 Å². The molecule has 0 bridgehead atoms. The average molecular weight is 465 g/mol. The number of ether oxygens (including phenoxy) is 1. The summed E-state index contributed by atoms with van der Waals surface area (Å²) >= 11 is 0. The van der Waals surface area contributed by atoms with Gasteiger partial charge in [0.05, 0.1) is 5.56 Å².